The fourth-order valence-corrected chi connectivity index (χ4v) is 5.96. The molecule has 3 fully saturated rings. The first-order valence-corrected chi connectivity index (χ1v) is 15.2. The van der Waals surface area contributed by atoms with Crippen molar-refractivity contribution < 1.29 is 32.6 Å². The van der Waals surface area contributed by atoms with Gasteiger partial charge in [0.1, 0.15) is 22.7 Å². The monoisotopic (exact) mass is 629 g/mol. The smallest absolute Gasteiger partial charge is 0.240 e. The second kappa shape index (κ2) is 12.2. The number of carbonyl (C=O) groups is 2. The Morgan fingerprint density at radius 1 is 0.891 bits per heavy atom. The lowest BCUT2D eigenvalue weighted by Gasteiger charge is -2.48. The van der Waals surface area contributed by atoms with Gasteiger partial charge in [0.15, 0.2) is 11.6 Å². The fraction of sp³-hybridized carbons (Fsp3) is 0.324. The zero-order chi connectivity index (χ0) is 31.8. The van der Waals surface area contributed by atoms with Crippen LogP contribution < -0.4 is 25.0 Å². The molecule has 1 aliphatic carbocycles. The Kier molecular flexibility index (Phi) is 7.91. The highest BCUT2D eigenvalue weighted by atomic mass is 19.1. The van der Waals surface area contributed by atoms with Crippen LogP contribution in [-0.2, 0) is 14.3 Å². The number of morpholine rings is 1. The van der Waals surface area contributed by atoms with Gasteiger partial charge in [-0.3, -0.25) is 19.5 Å². The number of hydrogen-bond acceptors (Lipinski definition) is 8. The highest BCUT2D eigenvalue weighted by Crippen LogP contribution is 2.48. The molecule has 1 aromatic heterocycles. The van der Waals surface area contributed by atoms with Crippen molar-refractivity contribution in [1.29, 1.82) is 0 Å². The Morgan fingerprint density at radius 3 is 2.26 bits per heavy atom. The summed E-state index contributed by atoms with van der Waals surface area (Å²) in [5, 5.41) is 5.97. The van der Waals surface area contributed by atoms with Crippen LogP contribution in [0.1, 0.15) is 12.8 Å². The molecule has 2 saturated heterocycles. The number of amides is 2. The molecule has 2 N–H and O–H groups in total. The van der Waals surface area contributed by atoms with Crippen molar-refractivity contribution in [3.05, 3.63) is 78.5 Å². The molecule has 0 spiro atoms. The first-order chi connectivity index (χ1) is 22.3. The molecule has 3 aromatic carbocycles. The molecule has 10 nitrogen and oxygen atoms in total. The second-order valence-electron chi connectivity index (χ2n) is 11.8. The van der Waals surface area contributed by atoms with Crippen LogP contribution in [-0.4, -0.2) is 74.2 Å². The van der Waals surface area contributed by atoms with Crippen LogP contribution in [0.4, 0.5) is 25.8 Å². The molecule has 7 rings (SSSR count). The average molecular weight is 630 g/mol. The van der Waals surface area contributed by atoms with Crippen LogP contribution in [0.5, 0.6) is 17.2 Å². The number of anilines is 3. The van der Waals surface area contributed by atoms with Crippen molar-refractivity contribution in [2.24, 2.45) is 5.41 Å². The molecule has 3 aliphatic rings. The molecular formula is C34H33F2N5O5. The molecule has 238 valence electrons. The number of benzene rings is 3. The van der Waals surface area contributed by atoms with Gasteiger partial charge in [-0.05, 0) is 67.4 Å². The summed E-state index contributed by atoms with van der Waals surface area (Å²) in [7, 11) is 1.62. The Labute approximate surface area is 264 Å². The molecule has 2 aliphatic heterocycles. The van der Waals surface area contributed by atoms with E-state index < -0.39 is 28.9 Å². The number of methoxy groups -OCH3 is 1. The minimum absolute atomic E-state index is 0.0418. The Hall–Kier alpha value is -4.81. The SMILES string of the molecule is COc1cc2c(Oc3ccc(NC(=O)C4(C(=O)Nc5ccc(F)cc5)CC4)cc3F)ccnc2cc1N1CC(N2CCOCC2)C1. The Balaban J connectivity index is 1.03. The zero-order valence-corrected chi connectivity index (χ0v) is 25.2. The van der Waals surface area contributed by atoms with E-state index in [1.165, 1.54) is 36.4 Å². The summed E-state index contributed by atoms with van der Waals surface area (Å²) in [6.45, 7) is 5.17. The van der Waals surface area contributed by atoms with Crippen molar-refractivity contribution in [2.75, 3.05) is 62.0 Å². The van der Waals surface area contributed by atoms with E-state index in [-0.39, 0.29) is 11.4 Å². The average Bonchev–Trinajstić information content (AvgIpc) is 3.86. The van der Waals surface area contributed by atoms with Gasteiger partial charge < -0.3 is 29.7 Å². The maximum atomic E-state index is 15.3. The van der Waals surface area contributed by atoms with Gasteiger partial charge in [-0.25, -0.2) is 8.78 Å². The lowest BCUT2D eigenvalue weighted by atomic mass is 10.0. The van der Waals surface area contributed by atoms with Crippen LogP contribution >= 0.6 is 0 Å². The summed E-state index contributed by atoms with van der Waals surface area (Å²) in [6.07, 6.45) is 2.31. The summed E-state index contributed by atoms with van der Waals surface area (Å²) in [5.41, 5.74) is 0.921. The van der Waals surface area contributed by atoms with E-state index in [1.54, 1.807) is 19.4 Å². The lowest BCUT2D eigenvalue weighted by molar-refractivity contribution is -0.131. The third-order valence-corrected chi connectivity index (χ3v) is 8.90. The Bertz CT molecular complexity index is 1790. The van der Waals surface area contributed by atoms with E-state index >= 15 is 4.39 Å². The van der Waals surface area contributed by atoms with E-state index in [4.69, 9.17) is 14.2 Å². The molecule has 0 unspecified atom stereocenters. The van der Waals surface area contributed by atoms with Crippen molar-refractivity contribution in [3.8, 4) is 17.2 Å². The van der Waals surface area contributed by atoms with Crippen molar-refractivity contribution in [1.82, 2.24) is 9.88 Å². The third-order valence-electron chi connectivity index (χ3n) is 8.90. The number of nitrogens with zero attached hydrogens (tertiary/aromatic N) is 3. The standard InChI is InChI=1S/C34H33F2N5O5/c1-44-31-17-25-27(18-28(31)41-19-24(20-41)40-12-14-45-15-13-40)37-11-8-29(25)46-30-7-6-23(16-26(30)36)39-33(43)34(9-10-34)32(42)38-22-4-2-21(35)3-5-22/h2-8,11,16-18,24H,9-10,12-15,19-20H2,1H3,(H,38,42)(H,39,43). The maximum Gasteiger partial charge on any atom is 0.240 e. The van der Waals surface area contributed by atoms with Crippen molar-refractivity contribution in [2.45, 2.75) is 18.9 Å². The van der Waals surface area contributed by atoms with Gasteiger partial charge in [-0.2, -0.15) is 0 Å². The zero-order valence-electron chi connectivity index (χ0n) is 25.2. The number of halogens is 2. The first-order valence-electron chi connectivity index (χ1n) is 15.2. The number of ether oxygens (including phenoxy) is 3. The van der Waals surface area contributed by atoms with Gasteiger partial charge in [-0.15, -0.1) is 0 Å². The lowest BCUT2D eigenvalue weighted by Crippen LogP contribution is -2.61. The van der Waals surface area contributed by atoms with Crippen molar-refractivity contribution >= 4 is 39.8 Å². The number of carbonyl (C=O) groups excluding carboxylic acids is 2. The van der Waals surface area contributed by atoms with Gasteiger partial charge >= 0.3 is 0 Å². The van der Waals surface area contributed by atoms with Gasteiger partial charge in [-0.1, -0.05) is 0 Å². The summed E-state index contributed by atoms with van der Waals surface area (Å²) in [6, 6.07) is 15.3. The quantitative estimate of drug-likeness (QED) is 0.244. The van der Waals surface area contributed by atoms with Crippen LogP contribution in [0.25, 0.3) is 10.9 Å². The van der Waals surface area contributed by atoms with Gasteiger partial charge in [0, 0.05) is 61.2 Å². The second-order valence-corrected chi connectivity index (χ2v) is 11.8. The van der Waals surface area contributed by atoms with Crippen LogP contribution in [0.2, 0.25) is 0 Å². The molecule has 46 heavy (non-hydrogen) atoms. The molecule has 3 heterocycles. The summed E-state index contributed by atoms with van der Waals surface area (Å²) in [5.74, 6) is -1.14. The molecule has 0 radical (unpaired) electrons. The molecule has 0 atom stereocenters. The highest BCUT2D eigenvalue weighted by Gasteiger charge is 2.56. The topological polar surface area (TPSA) is 105 Å². The molecule has 0 bridgehead atoms. The van der Waals surface area contributed by atoms with Gasteiger partial charge in [0.25, 0.3) is 0 Å². The van der Waals surface area contributed by atoms with E-state index in [1.807, 2.05) is 12.1 Å². The summed E-state index contributed by atoms with van der Waals surface area (Å²) in [4.78, 5) is 35.2. The van der Waals surface area contributed by atoms with Gasteiger partial charge in [0.05, 0.1) is 31.5 Å². The fourth-order valence-electron chi connectivity index (χ4n) is 5.96. The molecule has 1 saturated carbocycles. The van der Waals surface area contributed by atoms with Crippen molar-refractivity contribution in [3.63, 3.8) is 0 Å². The van der Waals surface area contributed by atoms with E-state index in [2.05, 4.69) is 25.4 Å². The highest BCUT2D eigenvalue weighted by molar-refractivity contribution is 6.16. The predicted octanol–water partition coefficient (Wildman–Crippen LogP) is 5.19. The normalized spacial score (nSPS) is 17.7. The van der Waals surface area contributed by atoms with E-state index in [0.717, 1.165) is 51.1 Å². The largest absolute Gasteiger partial charge is 0.495 e. The molecule has 4 aromatic rings. The molecule has 2 amide bonds. The molecular weight excluding hydrogens is 596 g/mol. The number of fused-ring (bicyclic) bond motifs is 1. The van der Waals surface area contributed by atoms with Crippen LogP contribution in [0, 0.1) is 17.0 Å². The summed E-state index contributed by atoms with van der Waals surface area (Å²) < 4.78 is 45.7. The minimum atomic E-state index is -1.27. The number of aromatic nitrogens is 1. The predicted molar refractivity (Wildman–Crippen MR) is 168 cm³/mol. The number of nitrogens with one attached hydrogen (secondary N) is 2. The van der Waals surface area contributed by atoms with Gasteiger partial charge in [0.2, 0.25) is 11.8 Å². The molecule has 12 heteroatoms. The summed E-state index contributed by atoms with van der Waals surface area (Å²) >= 11 is 0. The first kappa shape index (κ1) is 29.9. The van der Waals surface area contributed by atoms with Crippen LogP contribution in [0.3, 0.4) is 0 Å². The third kappa shape index (κ3) is 5.81. The number of pyridine rings is 1. The maximum absolute atomic E-state index is 15.3. The Morgan fingerprint density at radius 2 is 1.59 bits per heavy atom. The van der Waals surface area contributed by atoms with E-state index in [9.17, 15) is 14.0 Å². The van der Waals surface area contributed by atoms with Crippen LogP contribution in [0.15, 0.2) is 66.9 Å². The number of hydrogen-bond donors (Lipinski definition) is 2. The minimum Gasteiger partial charge on any atom is -0.495 e. The van der Waals surface area contributed by atoms with E-state index in [0.29, 0.717) is 47.0 Å². The number of rotatable bonds is 9.